The predicted octanol–water partition coefficient (Wildman–Crippen LogP) is -1.83. The molecule has 0 aromatic carbocycles. The lowest BCUT2D eigenvalue weighted by molar-refractivity contribution is -0.0474. The van der Waals surface area contributed by atoms with Crippen molar-refractivity contribution in [2.45, 2.75) is 24.5 Å². The molecule has 1 saturated heterocycles. The number of rotatable bonds is 12. The molecule has 40 heavy (non-hydrogen) atoms. The highest BCUT2D eigenvalue weighted by Crippen LogP contribution is 2.62. The van der Waals surface area contributed by atoms with E-state index in [1.165, 1.54) is 11.9 Å². The number of aromatic nitrogens is 4. The zero-order valence-electron chi connectivity index (χ0n) is 19.2. The van der Waals surface area contributed by atoms with Crippen molar-refractivity contribution in [1.29, 1.82) is 10.5 Å². The number of nitrogens with zero attached hydrogens (tertiary/aromatic N) is 5. The van der Waals surface area contributed by atoms with Gasteiger partial charge in [0.2, 0.25) is 5.95 Å². The number of hydrogen-bond acceptors (Lipinski definition) is 16. The molecule has 0 bridgehead atoms. The average Bonchev–Trinajstić information content (AvgIpc) is 3.31. The van der Waals surface area contributed by atoms with Gasteiger partial charge in [-0.3, -0.25) is 23.5 Å². The SMILES string of the molecule is N#C[B]P(=O)(OCC1OC(n2cnc3c(=O)[nH]c(N)nc32)C(O)C1OP(=O)([B]C#N)OP(=O)(O)O)OP(=O)(O)O. The van der Waals surface area contributed by atoms with Gasteiger partial charge in [-0.2, -0.15) is 4.98 Å². The third-order valence-corrected chi connectivity index (χ3v) is 10.0. The number of fused-ring (bicyclic) bond motifs is 1. The Labute approximate surface area is 222 Å². The zero-order chi connectivity index (χ0) is 30.1. The molecule has 0 spiro atoms. The highest BCUT2D eigenvalue weighted by atomic mass is 31.3. The molecule has 3 heterocycles. The Kier molecular flexibility index (Phi) is 9.65. The van der Waals surface area contributed by atoms with Crippen LogP contribution < -0.4 is 11.3 Å². The number of nitrogen functional groups attached to an aromatic ring is 1. The van der Waals surface area contributed by atoms with Gasteiger partial charge in [0.05, 0.1) is 12.9 Å². The third kappa shape index (κ3) is 7.95. The molecule has 22 nitrogen and oxygen atoms in total. The van der Waals surface area contributed by atoms with E-state index < -0.39 is 67.3 Å². The summed E-state index contributed by atoms with van der Waals surface area (Å²) in [4.78, 5) is 58.1. The van der Waals surface area contributed by atoms with E-state index in [2.05, 4.69) is 23.6 Å². The van der Waals surface area contributed by atoms with Crippen molar-refractivity contribution in [2.24, 2.45) is 0 Å². The maximum atomic E-state index is 12.9. The third-order valence-electron chi connectivity index (χ3n) is 4.59. The Morgan fingerprint density at radius 2 is 1.68 bits per heavy atom. The number of anilines is 1. The van der Waals surface area contributed by atoms with E-state index in [1.54, 1.807) is 0 Å². The van der Waals surface area contributed by atoms with E-state index >= 15 is 0 Å². The summed E-state index contributed by atoms with van der Waals surface area (Å²) in [5.41, 5.74) is 4.18. The fourth-order valence-corrected chi connectivity index (χ4v) is 7.75. The number of imidazole rings is 1. The van der Waals surface area contributed by atoms with Gasteiger partial charge in [0, 0.05) is 11.9 Å². The molecule has 1 fully saturated rings. The van der Waals surface area contributed by atoms with Gasteiger partial charge in [-0.1, -0.05) is 0 Å². The maximum absolute atomic E-state index is 12.9. The number of hydrogen-bond donors (Lipinski definition) is 7. The summed E-state index contributed by atoms with van der Waals surface area (Å²) in [7, 11) is -21.3. The van der Waals surface area contributed by atoms with Crippen LogP contribution in [0, 0.1) is 22.5 Å². The normalized spacial score (nSPS) is 24.5. The zero-order valence-corrected chi connectivity index (χ0v) is 22.7. The van der Waals surface area contributed by atoms with Crippen LogP contribution in [0.5, 0.6) is 0 Å². The van der Waals surface area contributed by atoms with E-state index in [0.717, 1.165) is 10.9 Å². The van der Waals surface area contributed by atoms with Crippen LogP contribution in [0.3, 0.4) is 0 Å². The van der Waals surface area contributed by atoms with E-state index in [1.807, 2.05) is 0 Å². The van der Waals surface area contributed by atoms with Gasteiger partial charge in [-0.25, -0.2) is 33.3 Å². The summed E-state index contributed by atoms with van der Waals surface area (Å²) < 4.78 is 72.6. The monoisotopic (exact) mass is 643 g/mol. The fourth-order valence-electron chi connectivity index (χ4n) is 3.29. The Bertz CT molecular complexity index is 1610. The van der Waals surface area contributed by atoms with Gasteiger partial charge < -0.3 is 44.2 Å². The van der Waals surface area contributed by atoms with Gasteiger partial charge in [0.25, 0.3) is 5.56 Å². The summed E-state index contributed by atoms with van der Waals surface area (Å²) in [5, 5.41) is 28.7. The minimum atomic E-state index is -5.59. The second kappa shape index (κ2) is 11.9. The molecule has 0 aliphatic carbocycles. The standard InChI is InChI=1S/C12H15B2N7O15P4/c15-2-13-37(24,35-39(26,27)28)32-1-5-8(34-38(25,14-3-16)36-40(29,30)31)7(22)11(33-5)21-4-18-6-9(21)19-12(17)20-10(6)23/h4-5,7-8,11,22H,1H2,(H2,26,27,28)(H2,29,30,31)(H3,17,19,20,23). The highest BCUT2D eigenvalue weighted by molar-refractivity contribution is 7.88. The number of aromatic amines is 1. The van der Waals surface area contributed by atoms with Crippen molar-refractivity contribution in [3.8, 4) is 11.9 Å². The molecule has 0 amide bonds. The van der Waals surface area contributed by atoms with Crippen LogP contribution >= 0.6 is 30.6 Å². The topological polar surface area (TPSA) is 353 Å². The van der Waals surface area contributed by atoms with Crippen LogP contribution in [0.25, 0.3) is 11.2 Å². The number of nitrogens with one attached hydrogen (secondary N) is 1. The summed E-state index contributed by atoms with van der Waals surface area (Å²) in [6, 6.07) is 0. The van der Waals surface area contributed by atoms with Crippen molar-refractivity contribution in [3.63, 3.8) is 0 Å². The molecule has 2 aromatic rings. The van der Waals surface area contributed by atoms with Gasteiger partial charge in [-0.15, -0.1) is 0 Å². The molecule has 8 N–H and O–H groups in total. The Morgan fingerprint density at radius 3 is 2.25 bits per heavy atom. The first kappa shape index (κ1) is 32.3. The van der Waals surface area contributed by atoms with Crippen molar-refractivity contribution < 1.29 is 65.3 Å². The van der Waals surface area contributed by atoms with Gasteiger partial charge in [0.1, 0.15) is 18.3 Å². The van der Waals surface area contributed by atoms with Crippen molar-refractivity contribution in [1.82, 2.24) is 19.5 Å². The molecule has 6 unspecified atom stereocenters. The second-order valence-corrected chi connectivity index (χ2v) is 13.9. The number of nitrogens with two attached hydrogens (primary N) is 1. The second-order valence-electron chi connectivity index (χ2n) is 7.44. The molecule has 2 aromatic heterocycles. The van der Waals surface area contributed by atoms with Crippen molar-refractivity contribution in [2.75, 3.05) is 12.3 Å². The highest BCUT2D eigenvalue weighted by Gasteiger charge is 2.51. The van der Waals surface area contributed by atoms with Crippen molar-refractivity contribution >= 4 is 61.7 Å². The van der Waals surface area contributed by atoms with Crippen LogP contribution in [0.1, 0.15) is 6.23 Å². The fraction of sp³-hybridized carbons (Fsp3) is 0.417. The number of H-pyrrole nitrogens is 1. The van der Waals surface area contributed by atoms with E-state index in [0.29, 0.717) is 0 Å². The van der Waals surface area contributed by atoms with Crippen LogP contribution in [0.4, 0.5) is 5.95 Å². The van der Waals surface area contributed by atoms with Crippen LogP contribution in [0.2, 0.25) is 0 Å². The summed E-state index contributed by atoms with van der Waals surface area (Å²) in [5.74, 6) is 2.03. The molecular weight excluding hydrogens is 628 g/mol. The number of aliphatic hydroxyl groups is 1. The maximum Gasteiger partial charge on any atom is 0.476 e. The first-order valence-electron chi connectivity index (χ1n) is 9.99. The molecule has 2 radical (unpaired) electrons. The lowest BCUT2D eigenvalue weighted by Gasteiger charge is -2.26. The molecule has 0 saturated carbocycles. The molecule has 3 rings (SSSR count). The van der Waals surface area contributed by atoms with Gasteiger partial charge in [-0.05, 0) is 0 Å². The largest absolute Gasteiger partial charge is 0.476 e. The molecule has 6 atom stereocenters. The average molecular weight is 643 g/mol. The first-order chi connectivity index (χ1) is 18.4. The van der Waals surface area contributed by atoms with Crippen LogP contribution in [0.15, 0.2) is 11.1 Å². The smallest absolute Gasteiger partial charge is 0.386 e. The Morgan fingerprint density at radius 1 is 1.10 bits per heavy atom. The Hall–Kier alpha value is -2.22. The summed E-state index contributed by atoms with van der Waals surface area (Å²) in [6.07, 6.45) is -6.67. The predicted molar refractivity (Wildman–Crippen MR) is 128 cm³/mol. The van der Waals surface area contributed by atoms with E-state index in [9.17, 15) is 28.2 Å². The van der Waals surface area contributed by atoms with E-state index in [4.69, 9.17) is 49.6 Å². The Balaban J connectivity index is 2.02. The van der Waals surface area contributed by atoms with Crippen LogP contribution in [-0.4, -0.2) is 83.1 Å². The summed E-state index contributed by atoms with van der Waals surface area (Å²) in [6.45, 7) is -0.943. The lowest BCUT2D eigenvalue weighted by Crippen LogP contribution is -2.36. The molecular formula is C12H15B2N7O15P4. The molecule has 1 aliphatic rings. The molecule has 28 heteroatoms. The number of aliphatic hydroxyl groups excluding tert-OH is 1. The number of nitriles is 2. The first-order valence-corrected chi connectivity index (χ1v) is 16.3. The molecule has 214 valence electrons. The molecule has 1 aliphatic heterocycles. The number of ether oxygens (including phenoxy) is 1. The van der Waals surface area contributed by atoms with Gasteiger partial charge >= 0.3 is 44.6 Å². The number of phosphoric acid groups is 2. The minimum Gasteiger partial charge on any atom is -0.386 e. The van der Waals surface area contributed by atoms with E-state index in [-0.39, 0.29) is 31.1 Å². The summed E-state index contributed by atoms with van der Waals surface area (Å²) >= 11 is 0. The van der Waals surface area contributed by atoms with Crippen molar-refractivity contribution in [3.05, 3.63) is 16.7 Å². The van der Waals surface area contributed by atoms with Gasteiger partial charge in [0.15, 0.2) is 17.4 Å². The minimum absolute atomic E-state index is 0.0731. The quantitative estimate of drug-likeness (QED) is 0.0987. The van der Waals surface area contributed by atoms with Crippen LogP contribution in [-0.2, 0) is 40.7 Å². The lowest BCUT2D eigenvalue weighted by atomic mass is 10.1.